The number of alkyl halides is 3. The zero-order valence-corrected chi connectivity index (χ0v) is 14.6. The van der Waals surface area contributed by atoms with Crippen LogP contribution in [0.1, 0.15) is 13.8 Å². The Morgan fingerprint density at radius 3 is 2.15 bits per heavy atom. The molecule has 0 spiro atoms. The van der Waals surface area contributed by atoms with Gasteiger partial charge in [0.25, 0.3) is 0 Å². The lowest BCUT2D eigenvalue weighted by Gasteiger charge is -2.42. The van der Waals surface area contributed by atoms with Crippen LogP contribution in [-0.4, -0.2) is 75.4 Å². The molecule has 0 aromatic heterocycles. The number of rotatable bonds is 6. The van der Waals surface area contributed by atoms with Crippen LogP contribution in [0.2, 0.25) is 0 Å². The summed E-state index contributed by atoms with van der Waals surface area (Å²) in [5, 5.41) is 10.2. The van der Waals surface area contributed by atoms with Gasteiger partial charge >= 0.3 is 27.6 Å². The standard InChI is InChI=1S/C12H17F3O10S/c1-5(16)22-4-7-8(18)9(23-6(2)17)10(11(21-3)24-7)25-26(19,20)12(13,14)15/h7-11,18H,4H2,1-3H3/t7-,8-,9+,10-,11-/m1/s1. The van der Waals surface area contributed by atoms with Gasteiger partial charge in [0.15, 0.2) is 18.5 Å². The van der Waals surface area contributed by atoms with E-state index in [9.17, 15) is 36.3 Å². The minimum Gasteiger partial charge on any atom is -0.463 e. The van der Waals surface area contributed by atoms with E-state index in [4.69, 9.17) is 14.2 Å². The number of ether oxygens (including phenoxy) is 4. The summed E-state index contributed by atoms with van der Waals surface area (Å²) in [7, 11) is -5.17. The molecular weight excluding hydrogens is 393 g/mol. The molecule has 1 heterocycles. The first-order valence-corrected chi connectivity index (χ1v) is 8.37. The van der Waals surface area contributed by atoms with Crippen molar-refractivity contribution in [1.29, 1.82) is 0 Å². The highest BCUT2D eigenvalue weighted by molar-refractivity contribution is 7.87. The van der Waals surface area contributed by atoms with Gasteiger partial charge < -0.3 is 24.1 Å². The summed E-state index contributed by atoms with van der Waals surface area (Å²) in [4.78, 5) is 22.1. The summed E-state index contributed by atoms with van der Waals surface area (Å²) < 4.78 is 83.4. The minimum absolute atomic E-state index is 0.563. The Morgan fingerprint density at radius 2 is 1.73 bits per heavy atom. The molecule has 10 nitrogen and oxygen atoms in total. The molecule has 0 unspecified atom stereocenters. The maximum Gasteiger partial charge on any atom is 0.523 e. The third-order valence-corrected chi connectivity index (χ3v) is 4.17. The van der Waals surface area contributed by atoms with E-state index in [1.54, 1.807) is 0 Å². The normalized spacial score (nSPS) is 29.9. The Kier molecular flexibility index (Phi) is 7.35. The van der Waals surface area contributed by atoms with Gasteiger partial charge in [0.2, 0.25) is 0 Å². The molecule has 0 aromatic carbocycles. The quantitative estimate of drug-likeness (QED) is 0.345. The number of aliphatic hydroxyl groups is 1. The van der Waals surface area contributed by atoms with Crippen LogP contribution in [0.4, 0.5) is 13.2 Å². The van der Waals surface area contributed by atoms with E-state index >= 15 is 0 Å². The van der Waals surface area contributed by atoms with Crippen molar-refractivity contribution in [3.8, 4) is 0 Å². The van der Waals surface area contributed by atoms with Crippen LogP contribution in [0.15, 0.2) is 0 Å². The Bertz CT molecular complexity index is 619. The smallest absolute Gasteiger partial charge is 0.463 e. The number of hydrogen-bond donors (Lipinski definition) is 1. The highest BCUT2D eigenvalue weighted by Gasteiger charge is 2.55. The SMILES string of the molecule is CO[C@@H]1O[C@H](COC(C)=O)[C@@H](O)[C@H](OC(C)=O)[C@H]1OS(=O)(=O)C(F)(F)F. The summed E-state index contributed by atoms with van der Waals surface area (Å²) in [6.07, 6.45) is -9.14. The Morgan fingerprint density at radius 1 is 1.15 bits per heavy atom. The molecule has 1 rings (SSSR count). The van der Waals surface area contributed by atoms with Gasteiger partial charge in [-0.3, -0.25) is 13.8 Å². The molecule has 0 amide bonds. The van der Waals surface area contributed by atoms with Crippen LogP contribution in [-0.2, 0) is 42.8 Å². The van der Waals surface area contributed by atoms with Gasteiger partial charge in [0.1, 0.15) is 18.8 Å². The van der Waals surface area contributed by atoms with Crippen LogP contribution in [0, 0.1) is 0 Å². The second kappa shape index (κ2) is 8.47. The van der Waals surface area contributed by atoms with Crippen molar-refractivity contribution in [1.82, 2.24) is 0 Å². The zero-order chi connectivity index (χ0) is 20.3. The molecule has 0 radical (unpaired) electrons. The second-order valence-electron chi connectivity index (χ2n) is 5.11. The van der Waals surface area contributed by atoms with Gasteiger partial charge in [-0.05, 0) is 0 Å². The molecule has 0 saturated carbocycles. The molecule has 1 aliphatic rings. The average Bonchev–Trinajstić information content (AvgIpc) is 2.48. The molecule has 1 fully saturated rings. The van der Waals surface area contributed by atoms with Gasteiger partial charge in [-0.2, -0.15) is 21.6 Å². The molecule has 14 heteroatoms. The third-order valence-electron chi connectivity index (χ3n) is 3.12. The maximum absolute atomic E-state index is 12.6. The van der Waals surface area contributed by atoms with Gasteiger partial charge in [0.05, 0.1) is 0 Å². The Balaban J connectivity index is 3.16. The topological polar surface area (TPSA) is 135 Å². The average molecular weight is 410 g/mol. The lowest BCUT2D eigenvalue weighted by molar-refractivity contribution is -0.292. The first-order chi connectivity index (χ1) is 11.8. The number of hydrogen-bond acceptors (Lipinski definition) is 10. The van der Waals surface area contributed by atoms with Crippen molar-refractivity contribution in [2.75, 3.05) is 13.7 Å². The van der Waals surface area contributed by atoms with E-state index in [-0.39, 0.29) is 0 Å². The second-order valence-corrected chi connectivity index (χ2v) is 6.67. The van der Waals surface area contributed by atoms with Gasteiger partial charge in [0, 0.05) is 21.0 Å². The van der Waals surface area contributed by atoms with E-state index < -0.39 is 64.9 Å². The van der Waals surface area contributed by atoms with E-state index in [0.29, 0.717) is 0 Å². The molecular formula is C12H17F3O10S. The van der Waals surface area contributed by atoms with Crippen LogP contribution in [0.25, 0.3) is 0 Å². The maximum atomic E-state index is 12.6. The number of carbonyl (C=O) groups is 2. The predicted molar refractivity (Wildman–Crippen MR) is 73.7 cm³/mol. The van der Waals surface area contributed by atoms with Crippen molar-refractivity contribution in [3.63, 3.8) is 0 Å². The fraction of sp³-hybridized carbons (Fsp3) is 0.833. The molecule has 152 valence electrons. The Labute approximate surface area is 146 Å². The van der Waals surface area contributed by atoms with Crippen molar-refractivity contribution in [2.45, 2.75) is 50.1 Å². The number of methoxy groups -OCH3 is 1. The highest BCUT2D eigenvalue weighted by atomic mass is 32.2. The van der Waals surface area contributed by atoms with Gasteiger partial charge in [-0.15, -0.1) is 0 Å². The molecule has 1 aliphatic heterocycles. The van der Waals surface area contributed by atoms with Crippen molar-refractivity contribution in [3.05, 3.63) is 0 Å². The van der Waals surface area contributed by atoms with Crippen LogP contribution in [0.5, 0.6) is 0 Å². The van der Waals surface area contributed by atoms with Crippen molar-refractivity contribution >= 4 is 22.1 Å². The third kappa shape index (κ3) is 5.51. The first kappa shape index (κ1) is 22.6. The monoisotopic (exact) mass is 410 g/mol. The molecule has 0 aromatic rings. The van der Waals surface area contributed by atoms with Crippen LogP contribution >= 0.6 is 0 Å². The van der Waals surface area contributed by atoms with Crippen molar-refractivity contribution < 1.29 is 59.4 Å². The minimum atomic E-state index is -6.12. The van der Waals surface area contributed by atoms with E-state index in [0.717, 1.165) is 21.0 Å². The fourth-order valence-electron chi connectivity index (χ4n) is 2.05. The summed E-state index contributed by atoms with van der Waals surface area (Å²) in [6, 6.07) is 0. The van der Waals surface area contributed by atoms with E-state index in [1.807, 2.05) is 0 Å². The largest absolute Gasteiger partial charge is 0.523 e. The Hall–Kier alpha value is -1.48. The zero-order valence-electron chi connectivity index (χ0n) is 13.8. The summed E-state index contributed by atoms with van der Waals surface area (Å²) in [5.74, 6) is -1.80. The molecule has 0 aliphatic carbocycles. The van der Waals surface area contributed by atoms with Gasteiger partial charge in [-0.25, -0.2) is 0 Å². The summed E-state index contributed by atoms with van der Waals surface area (Å²) in [6.45, 7) is 1.36. The fourth-order valence-corrected chi connectivity index (χ4v) is 2.65. The molecule has 0 bridgehead atoms. The molecule has 1 saturated heterocycles. The van der Waals surface area contributed by atoms with Crippen LogP contribution in [0.3, 0.4) is 0 Å². The van der Waals surface area contributed by atoms with E-state index in [2.05, 4.69) is 8.92 Å². The lowest BCUT2D eigenvalue weighted by Crippen LogP contribution is -2.62. The lowest BCUT2D eigenvalue weighted by atomic mass is 9.99. The predicted octanol–water partition coefficient (Wildman–Crippen LogP) is -0.552. The first-order valence-electron chi connectivity index (χ1n) is 6.96. The number of carbonyl (C=O) groups excluding carboxylic acids is 2. The van der Waals surface area contributed by atoms with Gasteiger partial charge in [-0.1, -0.05) is 0 Å². The summed E-state index contributed by atoms with van der Waals surface area (Å²) >= 11 is 0. The number of halogens is 3. The number of aliphatic hydroxyl groups excluding tert-OH is 1. The molecule has 26 heavy (non-hydrogen) atoms. The number of esters is 2. The molecule has 5 atom stereocenters. The van der Waals surface area contributed by atoms with Crippen molar-refractivity contribution in [2.24, 2.45) is 0 Å². The summed E-state index contributed by atoms with van der Waals surface area (Å²) in [5.41, 5.74) is -5.77. The van der Waals surface area contributed by atoms with E-state index in [1.165, 1.54) is 0 Å². The van der Waals surface area contributed by atoms with Crippen LogP contribution < -0.4 is 0 Å². The highest BCUT2D eigenvalue weighted by Crippen LogP contribution is 2.32. The molecule has 1 N–H and O–H groups in total.